The summed E-state index contributed by atoms with van der Waals surface area (Å²) in [7, 11) is 0. The third kappa shape index (κ3) is 7.01. The first-order valence-electron chi connectivity index (χ1n) is 10.5. The van der Waals surface area contributed by atoms with E-state index in [0.29, 0.717) is 17.9 Å². The number of thioether (sulfide) groups is 1. The van der Waals surface area contributed by atoms with Gasteiger partial charge in [-0.3, -0.25) is 9.59 Å². The van der Waals surface area contributed by atoms with Gasteiger partial charge in [0.1, 0.15) is 17.1 Å². The van der Waals surface area contributed by atoms with Gasteiger partial charge in [-0.2, -0.15) is 0 Å². The molecule has 3 aromatic rings. The lowest BCUT2D eigenvalue weighted by atomic mass is 10.1. The van der Waals surface area contributed by atoms with Crippen molar-refractivity contribution in [2.75, 3.05) is 17.2 Å². The topological polar surface area (TPSA) is 125 Å². The maximum Gasteiger partial charge on any atom is 0.339 e. The second-order valence-electron chi connectivity index (χ2n) is 7.22. The molecule has 3 aromatic carbocycles. The van der Waals surface area contributed by atoms with Crippen LogP contribution >= 0.6 is 11.8 Å². The Balaban J connectivity index is 1.59. The molecule has 0 aliphatic carbocycles. The van der Waals surface area contributed by atoms with E-state index in [0.717, 1.165) is 4.90 Å². The minimum atomic E-state index is -1.29. The number of carboxylic acid groups (broad SMARTS) is 1. The minimum Gasteiger partial charge on any atom is -0.507 e. The number of anilines is 2. The van der Waals surface area contributed by atoms with E-state index in [-0.39, 0.29) is 35.4 Å². The molecule has 0 heterocycles. The highest BCUT2D eigenvalue weighted by atomic mass is 32.2. The predicted octanol–water partition coefficient (Wildman–Crippen LogP) is 4.62. The zero-order valence-electron chi connectivity index (χ0n) is 18.4. The maximum absolute atomic E-state index is 12.8. The first kappa shape index (κ1) is 24.7. The van der Waals surface area contributed by atoms with Gasteiger partial charge < -0.3 is 25.6 Å². The average molecular weight is 481 g/mol. The van der Waals surface area contributed by atoms with Crippen molar-refractivity contribution in [3.63, 3.8) is 0 Å². The number of ether oxygens (including phenoxy) is 1. The van der Waals surface area contributed by atoms with Gasteiger partial charge in [-0.05, 0) is 55.0 Å². The van der Waals surface area contributed by atoms with Gasteiger partial charge in [0, 0.05) is 16.3 Å². The molecule has 2 amide bonds. The molecule has 176 valence electrons. The van der Waals surface area contributed by atoms with Gasteiger partial charge in [-0.15, -0.1) is 11.8 Å². The van der Waals surface area contributed by atoms with Crippen LogP contribution in [0.4, 0.5) is 11.4 Å². The molecular weight excluding hydrogens is 456 g/mol. The number of phenols is 1. The zero-order valence-corrected chi connectivity index (χ0v) is 19.2. The van der Waals surface area contributed by atoms with Crippen molar-refractivity contribution >= 4 is 40.9 Å². The molecule has 0 bridgehead atoms. The Labute approximate surface area is 201 Å². The van der Waals surface area contributed by atoms with Gasteiger partial charge in [0.15, 0.2) is 6.61 Å². The van der Waals surface area contributed by atoms with Gasteiger partial charge in [-0.1, -0.05) is 31.2 Å². The molecule has 0 aliphatic heterocycles. The second kappa shape index (κ2) is 11.8. The summed E-state index contributed by atoms with van der Waals surface area (Å²) in [5, 5.41) is 23.8. The third-order valence-corrected chi connectivity index (χ3v) is 6.03. The molecule has 3 rings (SSSR count). The van der Waals surface area contributed by atoms with Crippen molar-refractivity contribution in [2.45, 2.75) is 23.5 Å². The number of carboxylic acids is 1. The van der Waals surface area contributed by atoms with E-state index in [2.05, 4.69) is 10.6 Å². The third-order valence-electron chi connectivity index (χ3n) is 4.67. The summed E-state index contributed by atoms with van der Waals surface area (Å²) in [5.41, 5.74) is 0.559. The number of carbonyl (C=O) groups excluding carboxylic acids is 2. The molecule has 0 aromatic heterocycles. The lowest BCUT2D eigenvalue weighted by Crippen LogP contribution is -2.24. The number of nitrogens with one attached hydrogen (secondary N) is 2. The molecule has 0 fully saturated rings. The van der Waals surface area contributed by atoms with Crippen molar-refractivity contribution < 1.29 is 29.3 Å². The monoisotopic (exact) mass is 480 g/mol. The van der Waals surface area contributed by atoms with E-state index >= 15 is 0 Å². The van der Waals surface area contributed by atoms with E-state index < -0.39 is 11.2 Å². The normalized spacial score (nSPS) is 11.3. The standard InChI is InChI=1S/C25H24N2O6S/c1-2-22(24(30)27-17-11-12-21(28)20(14-17)25(31)32)34-19-10-6-7-16(13-19)26-23(29)15-33-18-8-4-3-5-9-18/h3-14,22,28H,2,15H2,1H3,(H,26,29)(H,27,30)(H,31,32). The molecule has 1 unspecified atom stereocenters. The highest BCUT2D eigenvalue weighted by Gasteiger charge is 2.20. The fourth-order valence-corrected chi connectivity index (χ4v) is 4.02. The number of hydrogen-bond acceptors (Lipinski definition) is 6. The Hall–Kier alpha value is -3.98. The molecule has 0 saturated heterocycles. The van der Waals surface area contributed by atoms with E-state index in [1.54, 1.807) is 30.3 Å². The summed E-state index contributed by atoms with van der Waals surface area (Å²) in [6.07, 6.45) is 0.516. The predicted molar refractivity (Wildman–Crippen MR) is 131 cm³/mol. The smallest absolute Gasteiger partial charge is 0.339 e. The van der Waals surface area contributed by atoms with Gasteiger partial charge in [0.2, 0.25) is 5.91 Å². The lowest BCUT2D eigenvalue weighted by molar-refractivity contribution is -0.118. The molecule has 9 heteroatoms. The summed E-state index contributed by atoms with van der Waals surface area (Å²) in [4.78, 5) is 37.0. The summed E-state index contributed by atoms with van der Waals surface area (Å²) in [6, 6.07) is 20.0. The molecule has 0 aliphatic rings. The van der Waals surface area contributed by atoms with Crippen LogP contribution in [0.25, 0.3) is 0 Å². The van der Waals surface area contributed by atoms with Crippen molar-refractivity contribution in [2.24, 2.45) is 0 Å². The van der Waals surface area contributed by atoms with Crippen LogP contribution in [0.2, 0.25) is 0 Å². The Morgan fingerprint density at radius 1 is 0.941 bits per heavy atom. The summed E-state index contributed by atoms with van der Waals surface area (Å²) in [5.74, 6) is -1.68. The van der Waals surface area contributed by atoms with Crippen LogP contribution in [0, 0.1) is 0 Å². The average Bonchev–Trinajstić information content (AvgIpc) is 2.83. The minimum absolute atomic E-state index is 0.133. The molecule has 0 radical (unpaired) electrons. The summed E-state index contributed by atoms with van der Waals surface area (Å²) >= 11 is 1.32. The van der Waals surface area contributed by atoms with Crippen LogP contribution in [-0.2, 0) is 9.59 Å². The molecule has 0 spiro atoms. The molecule has 34 heavy (non-hydrogen) atoms. The van der Waals surface area contributed by atoms with Gasteiger partial charge in [-0.25, -0.2) is 4.79 Å². The van der Waals surface area contributed by atoms with E-state index in [1.807, 2.05) is 31.2 Å². The van der Waals surface area contributed by atoms with Crippen LogP contribution in [0.15, 0.2) is 77.7 Å². The van der Waals surface area contributed by atoms with Crippen LogP contribution in [0.1, 0.15) is 23.7 Å². The van der Waals surface area contributed by atoms with Crippen molar-refractivity contribution in [1.82, 2.24) is 0 Å². The van der Waals surface area contributed by atoms with Crippen LogP contribution < -0.4 is 15.4 Å². The van der Waals surface area contributed by atoms with E-state index in [9.17, 15) is 19.5 Å². The summed E-state index contributed by atoms with van der Waals surface area (Å²) in [6.45, 7) is 1.73. The molecule has 8 nitrogen and oxygen atoms in total. The first-order chi connectivity index (χ1) is 16.4. The molecular formula is C25H24N2O6S. The number of hydrogen-bond donors (Lipinski definition) is 4. The molecule has 4 N–H and O–H groups in total. The van der Waals surface area contributed by atoms with Gasteiger partial charge >= 0.3 is 5.97 Å². The fraction of sp³-hybridized carbons (Fsp3) is 0.160. The highest BCUT2D eigenvalue weighted by molar-refractivity contribution is 8.00. The summed E-state index contributed by atoms with van der Waals surface area (Å²) < 4.78 is 5.45. The largest absolute Gasteiger partial charge is 0.507 e. The molecule has 0 saturated carbocycles. The Morgan fingerprint density at radius 2 is 1.68 bits per heavy atom. The Bertz CT molecular complexity index is 1170. The molecule has 1 atom stereocenters. The van der Waals surface area contributed by atoms with Crippen molar-refractivity contribution in [3.8, 4) is 11.5 Å². The second-order valence-corrected chi connectivity index (χ2v) is 8.49. The number of para-hydroxylation sites is 1. The van der Waals surface area contributed by atoms with E-state index in [1.165, 1.54) is 30.0 Å². The number of rotatable bonds is 10. The first-order valence-corrected chi connectivity index (χ1v) is 11.3. The zero-order chi connectivity index (χ0) is 24.5. The number of aromatic hydroxyl groups is 1. The van der Waals surface area contributed by atoms with Crippen LogP contribution in [0.3, 0.4) is 0 Å². The number of amides is 2. The lowest BCUT2D eigenvalue weighted by Gasteiger charge is -2.16. The number of benzene rings is 3. The highest BCUT2D eigenvalue weighted by Crippen LogP contribution is 2.29. The van der Waals surface area contributed by atoms with E-state index in [4.69, 9.17) is 9.84 Å². The Morgan fingerprint density at radius 3 is 2.38 bits per heavy atom. The SMILES string of the molecule is CCC(Sc1cccc(NC(=O)COc2ccccc2)c1)C(=O)Nc1ccc(O)c(C(=O)O)c1. The van der Waals surface area contributed by atoms with Crippen LogP contribution in [0.5, 0.6) is 11.5 Å². The van der Waals surface area contributed by atoms with Gasteiger partial charge in [0.25, 0.3) is 5.91 Å². The Kier molecular flexibility index (Phi) is 8.53. The quantitative estimate of drug-likeness (QED) is 0.247. The fourth-order valence-electron chi connectivity index (χ4n) is 3.00. The maximum atomic E-state index is 12.8. The van der Waals surface area contributed by atoms with Gasteiger partial charge in [0.05, 0.1) is 5.25 Å². The van der Waals surface area contributed by atoms with Crippen molar-refractivity contribution in [3.05, 3.63) is 78.4 Å². The van der Waals surface area contributed by atoms with Crippen molar-refractivity contribution in [1.29, 1.82) is 0 Å². The number of aromatic carboxylic acids is 1. The van der Waals surface area contributed by atoms with Crippen LogP contribution in [-0.4, -0.2) is 39.9 Å². The number of carbonyl (C=O) groups is 3.